The molecule has 1 aromatic heterocycles. The van der Waals surface area contributed by atoms with Gasteiger partial charge in [0.15, 0.2) is 5.69 Å². The Balaban J connectivity index is 1.87. The summed E-state index contributed by atoms with van der Waals surface area (Å²) in [6.45, 7) is 3.80. The van der Waals surface area contributed by atoms with Crippen molar-refractivity contribution in [3.8, 4) is 0 Å². The molecule has 1 aliphatic heterocycles. The third-order valence-electron chi connectivity index (χ3n) is 4.07. The molecule has 2 heterocycles. The fraction of sp³-hybridized carbons (Fsp3) is 0.429. The van der Waals surface area contributed by atoms with Gasteiger partial charge in [0, 0.05) is 23.6 Å². The smallest absolute Gasteiger partial charge is 0.272 e. The first kappa shape index (κ1) is 14.5. The van der Waals surface area contributed by atoms with E-state index < -0.39 is 4.92 Å². The van der Waals surface area contributed by atoms with E-state index in [1.54, 1.807) is 6.07 Å². The number of nitrogens with one attached hydrogen (secondary N) is 3. The number of H-pyrrole nitrogens is 1. The molecule has 0 bridgehead atoms. The zero-order chi connectivity index (χ0) is 15.7. The standard InChI is InChI=1S/C14H17N5O3/c1-8-7-15-5-4-11(8)16-14(20)13-10-6-9(19(21)22)2-3-12(10)17-18-13/h2-3,6,8,11,15H,4-5,7H2,1H3,(H,16,20)(H,17,18). The maximum Gasteiger partial charge on any atom is 0.272 e. The first-order chi connectivity index (χ1) is 10.6. The second-order valence-corrected chi connectivity index (χ2v) is 5.61. The molecule has 2 aromatic rings. The van der Waals surface area contributed by atoms with E-state index in [4.69, 9.17) is 0 Å². The van der Waals surface area contributed by atoms with Crippen molar-refractivity contribution >= 4 is 22.5 Å². The summed E-state index contributed by atoms with van der Waals surface area (Å²) >= 11 is 0. The monoisotopic (exact) mass is 303 g/mol. The fourth-order valence-electron chi connectivity index (χ4n) is 2.75. The van der Waals surface area contributed by atoms with Gasteiger partial charge in [-0.15, -0.1) is 0 Å². The van der Waals surface area contributed by atoms with Crippen molar-refractivity contribution in [1.29, 1.82) is 0 Å². The molecule has 8 heteroatoms. The summed E-state index contributed by atoms with van der Waals surface area (Å²) in [5.74, 6) is 0.0303. The van der Waals surface area contributed by atoms with Gasteiger partial charge in [-0.3, -0.25) is 20.0 Å². The number of amides is 1. The lowest BCUT2D eigenvalue weighted by Gasteiger charge is -2.29. The van der Waals surface area contributed by atoms with E-state index in [0.717, 1.165) is 19.5 Å². The Bertz CT molecular complexity index is 726. The van der Waals surface area contributed by atoms with Crippen molar-refractivity contribution < 1.29 is 9.72 Å². The van der Waals surface area contributed by atoms with Crippen molar-refractivity contribution in [3.05, 3.63) is 34.0 Å². The van der Waals surface area contributed by atoms with E-state index in [-0.39, 0.29) is 23.3 Å². The number of carbonyl (C=O) groups excluding carboxylic acids is 1. The van der Waals surface area contributed by atoms with Crippen molar-refractivity contribution in [2.75, 3.05) is 13.1 Å². The summed E-state index contributed by atoms with van der Waals surface area (Å²) in [6, 6.07) is 4.40. The van der Waals surface area contributed by atoms with Crippen molar-refractivity contribution in [2.24, 2.45) is 5.92 Å². The Hall–Kier alpha value is -2.48. The minimum Gasteiger partial charge on any atom is -0.348 e. The van der Waals surface area contributed by atoms with Crippen LogP contribution in [0.15, 0.2) is 18.2 Å². The van der Waals surface area contributed by atoms with Crippen LogP contribution in [0.3, 0.4) is 0 Å². The summed E-state index contributed by atoms with van der Waals surface area (Å²) < 4.78 is 0. The Labute approximate surface area is 126 Å². The fourth-order valence-corrected chi connectivity index (χ4v) is 2.75. The van der Waals surface area contributed by atoms with Crippen molar-refractivity contribution in [3.63, 3.8) is 0 Å². The van der Waals surface area contributed by atoms with Gasteiger partial charge in [-0.1, -0.05) is 6.92 Å². The molecule has 3 rings (SSSR count). The average molecular weight is 303 g/mol. The zero-order valence-electron chi connectivity index (χ0n) is 12.1. The Morgan fingerprint density at radius 3 is 3.05 bits per heavy atom. The number of nitro groups is 1. The predicted octanol–water partition coefficient (Wildman–Crippen LogP) is 1.20. The molecule has 1 aromatic carbocycles. The Morgan fingerprint density at radius 2 is 2.32 bits per heavy atom. The molecule has 1 amide bonds. The molecule has 0 aliphatic carbocycles. The van der Waals surface area contributed by atoms with Crippen LogP contribution in [0.25, 0.3) is 10.9 Å². The van der Waals surface area contributed by atoms with E-state index >= 15 is 0 Å². The lowest BCUT2D eigenvalue weighted by molar-refractivity contribution is -0.384. The topological polar surface area (TPSA) is 113 Å². The molecular formula is C14H17N5O3. The number of aromatic nitrogens is 2. The van der Waals surface area contributed by atoms with Gasteiger partial charge in [-0.25, -0.2) is 0 Å². The number of piperidine rings is 1. The molecule has 116 valence electrons. The molecule has 22 heavy (non-hydrogen) atoms. The largest absolute Gasteiger partial charge is 0.348 e. The molecule has 0 spiro atoms. The van der Waals surface area contributed by atoms with Crippen LogP contribution in [0, 0.1) is 16.0 Å². The highest BCUT2D eigenvalue weighted by Gasteiger charge is 2.25. The lowest BCUT2D eigenvalue weighted by Crippen LogP contribution is -2.48. The second kappa shape index (κ2) is 5.72. The van der Waals surface area contributed by atoms with E-state index in [1.165, 1.54) is 12.1 Å². The van der Waals surface area contributed by atoms with Crippen molar-refractivity contribution in [1.82, 2.24) is 20.8 Å². The Morgan fingerprint density at radius 1 is 1.50 bits per heavy atom. The maximum atomic E-state index is 12.4. The highest BCUT2D eigenvalue weighted by atomic mass is 16.6. The molecule has 1 aliphatic rings. The number of hydrogen-bond acceptors (Lipinski definition) is 5. The van der Waals surface area contributed by atoms with E-state index in [1.807, 2.05) is 0 Å². The van der Waals surface area contributed by atoms with Crippen molar-refractivity contribution in [2.45, 2.75) is 19.4 Å². The van der Waals surface area contributed by atoms with Gasteiger partial charge in [-0.05, 0) is 31.5 Å². The molecule has 0 radical (unpaired) electrons. The SMILES string of the molecule is CC1CNCCC1NC(=O)c1n[nH]c2ccc([N+](=O)[O-])cc12. The van der Waals surface area contributed by atoms with Gasteiger partial charge in [0.1, 0.15) is 0 Å². The summed E-state index contributed by atoms with van der Waals surface area (Å²) in [6.07, 6.45) is 0.857. The molecule has 1 fully saturated rings. The normalized spacial score (nSPS) is 21.7. The van der Waals surface area contributed by atoms with Crippen LogP contribution in [-0.2, 0) is 0 Å². The third-order valence-corrected chi connectivity index (χ3v) is 4.07. The van der Waals surface area contributed by atoms with Crippen LogP contribution in [0.5, 0.6) is 0 Å². The molecule has 2 atom stereocenters. The molecular weight excluding hydrogens is 286 g/mol. The number of benzene rings is 1. The maximum absolute atomic E-state index is 12.4. The number of rotatable bonds is 3. The summed E-state index contributed by atoms with van der Waals surface area (Å²) in [5, 5.41) is 24.3. The van der Waals surface area contributed by atoms with Crippen LogP contribution < -0.4 is 10.6 Å². The number of non-ortho nitro benzene ring substituents is 1. The quantitative estimate of drug-likeness (QED) is 0.582. The van der Waals surface area contributed by atoms with Crippen LogP contribution in [0.4, 0.5) is 5.69 Å². The first-order valence-corrected chi connectivity index (χ1v) is 7.20. The minimum absolute atomic E-state index is 0.0572. The number of hydrogen-bond donors (Lipinski definition) is 3. The summed E-state index contributed by atoms with van der Waals surface area (Å²) in [5.41, 5.74) is 0.747. The van der Waals surface area contributed by atoms with E-state index in [2.05, 4.69) is 27.8 Å². The van der Waals surface area contributed by atoms with Crippen LogP contribution >= 0.6 is 0 Å². The number of carbonyl (C=O) groups is 1. The van der Waals surface area contributed by atoms with Gasteiger partial charge in [-0.2, -0.15) is 5.10 Å². The highest BCUT2D eigenvalue weighted by molar-refractivity contribution is 6.05. The van der Waals surface area contributed by atoms with E-state index in [9.17, 15) is 14.9 Å². The molecule has 8 nitrogen and oxygen atoms in total. The predicted molar refractivity (Wildman–Crippen MR) is 80.7 cm³/mol. The van der Waals surface area contributed by atoms with Gasteiger partial charge in [0.2, 0.25) is 0 Å². The minimum atomic E-state index is -0.483. The lowest BCUT2D eigenvalue weighted by atomic mass is 9.95. The number of fused-ring (bicyclic) bond motifs is 1. The van der Waals surface area contributed by atoms with Crippen LogP contribution in [-0.4, -0.2) is 40.2 Å². The second-order valence-electron chi connectivity index (χ2n) is 5.61. The molecule has 2 unspecified atom stereocenters. The molecule has 1 saturated heterocycles. The van der Waals surface area contributed by atoms with Gasteiger partial charge in [0.05, 0.1) is 10.4 Å². The van der Waals surface area contributed by atoms with E-state index in [0.29, 0.717) is 16.8 Å². The number of nitro benzene ring substituents is 1. The summed E-state index contributed by atoms with van der Waals surface area (Å²) in [4.78, 5) is 22.8. The average Bonchev–Trinajstić information content (AvgIpc) is 2.92. The molecule has 3 N–H and O–H groups in total. The van der Waals surface area contributed by atoms with Crippen LogP contribution in [0.2, 0.25) is 0 Å². The van der Waals surface area contributed by atoms with Gasteiger partial charge < -0.3 is 10.6 Å². The molecule has 0 saturated carbocycles. The number of aromatic amines is 1. The third kappa shape index (κ3) is 2.64. The van der Waals surface area contributed by atoms with Gasteiger partial charge in [0.25, 0.3) is 11.6 Å². The Kier molecular flexibility index (Phi) is 3.76. The zero-order valence-corrected chi connectivity index (χ0v) is 12.1. The number of nitrogens with zero attached hydrogens (tertiary/aromatic N) is 2. The summed E-state index contributed by atoms with van der Waals surface area (Å²) in [7, 11) is 0. The first-order valence-electron chi connectivity index (χ1n) is 7.20. The van der Waals surface area contributed by atoms with Crippen LogP contribution in [0.1, 0.15) is 23.8 Å². The highest BCUT2D eigenvalue weighted by Crippen LogP contribution is 2.22. The van der Waals surface area contributed by atoms with Gasteiger partial charge >= 0.3 is 0 Å².